The van der Waals surface area contributed by atoms with Gasteiger partial charge in [-0.2, -0.15) is 0 Å². The molecule has 0 heterocycles. The maximum absolute atomic E-state index is 11.3. The number of amides is 1. The van der Waals surface area contributed by atoms with Gasteiger partial charge in [0.2, 0.25) is 0 Å². The lowest BCUT2D eigenvalue weighted by molar-refractivity contribution is 0.0471. The van der Waals surface area contributed by atoms with Gasteiger partial charge in [0, 0.05) is 5.56 Å². The van der Waals surface area contributed by atoms with Crippen LogP contribution >= 0.6 is 0 Å². The number of rotatable bonds is 6. The molecule has 4 nitrogen and oxygen atoms in total. The average molecular weight is 236 g/mol. The fraction of sp³-hybridized carbons (Fsp3) is 0.462. The van der Waals surface area contributed by atoms with Crippen LogP contribution in [0, 0.1) is 0 Å². The van der Waals surface area contributed by atoms with E-state index in [-0.39, 0.29) is 12.0 Å². The van der Waals surface area contributed by atoms with E-state index in [1.165, 1.54) is 0 Å². The molecule has 0 spiro atoms. The van der Waals surface area contributed by atoms with Crippen LogP contribution in [0.15, 0.2) is 24.3 Å². The van der Waals surface area contributed by atoms with Gasteiger partial charge in [-0.05, 0) is 31.0 Å². The van der Waals surface area contributed by atoms with Gasteiger partial charge in [0.15, 0.2) is 0 Å². The van der Waals surface area contributed by atoms with Crippen molar-refractivity contribution in [2.45, 2.75) is 39.4 Å². The zero-order valence-electron chi connectivity index (χ0n) is 10.4. The summed E-state index contributed by atoms with van der Waals surface area (Å²) in [5.41, 5.74) is 3.65. The molecule has 1 rings (SSSR count). The Morgan fingerprint density at radius 1 is 1.53 bits per heavy atom. The molecular formula is C13H20N2O2. The van der Waals surface area contributed by atoms with E-state index in [4.69, 9.17) is 10.6 Å². The summed E-state index contributed by atoms with van der Waals surface area (Å²) in [6.45, 7) is 4.71. The highest BCUT2D eigenvalue weighted by molar-refractivity contribution is 5.93. The van der Waals surface area contributed by atoms with Crippen LogP contribution in [0.2, 0.25) is 0 Å². The molecule has 3 N–H and O–H groups in total. The highest BCUT2D eigenvalue weighted by Crippen LogP contribution is 2.09. The number of benzene rings is 1. The molecule has 1 amide bonds. The lowest BCUT2D eigenvalue weighted by Gasteiger charge is -2.12. The Kier molecular flexibility index (Phi) is 5.66. The molecule has 0 aliphatic heterocycles. The van der Waals surface area contributed by atoms with Gasteiger partial charge < -0.3 is 4.74 Å². The second-order valence-corrected chi connectivity index (χ2v) is 4.08. The molecule has 1 aromatic rings. The summed E-state index contributed by atoms with van der Waals surface area (Å²) in [6.07, 6.45) is 2.40. The van der Waals surface area contributed by atoms with Gasteiger partial charge in [-0.15, -0.1) is 0 Å². The van der Waals surface area contributed by atoms with Crippen LogP contribution in [0.4, 0.5) is 0 Å². The maximum Gasteiger partial charge on any atom is 0.265 e. The first-order valence-corrected chi connectivity index (χ1v) is 5.88. The molecule has 17 heavy (non-hydrogen) atoms. The average Bonchev–Trinajstić information content (AvgIpc) is 2.36. The van der Waals surface area contributed by atoms with Crippen molar-refractivity contribution in [2.75, 3.05) is 0 Å². The van der Waals surface area contributed by atoms with Gasteiger partial charge in [0.1, 0.15) is 0 Å². The van der Waals surface area contributed by atoms with E-state index in [2.05, 4.69) is 19.3 Å². The summed E-state index contributed by atoms with van der Waals surface area (Å²) in [6, 6.07) is 7.28. The molecule has 1 atom stereocenters. The predicted octanol–water partition coefficient (Wildman–Crippen LogP) is 2.00. The Balaban J connectivity index is 2.57. The van der Waals surface area contributed by atoms with Crippen molar-refractivity contribution in [1.82, 2.24) is 5.43 Å². The number of ether oxygens (including phenoxy) is 1. The number of carbonyl (C=O) groups is 1. The number of hydrogen-bond donors (Lipinski definition) is 2. The highest BCUT2D eigenvalue weighted by Gasteiger charge is 2.05. The number of nitrogen functional groups attached to an aromatic ring is 1. The van der Waals surface area contributed by atoms with E-state index in [1.54, 1.807) is 12.1 Å². The van der Waals surface area contributed by atoms with Crippen LogP contribution in [0.1, 0.15) is 42.6 Å². The van der Waals surface area contributed by atoms with E-state index in [9.17, 15) is 4.79 Å². The first kappa shape index (κ1) is 13.7. The Bertz CT molecular complexity index is 366. The van der Waals surface area contributed by atoms with Gasteiger partial charge in [-0.1, -0.05) is 25.5 Å². The summed E-state index contributed by atoms with van der Waals surface area (Å²) in [4.78, 5) is 11.3. The summed E-state index contributed by atoms with van der Waals surface area (Å²) < 4.78 is 5.67. The monoisotopic (exact) mass is 236 g/mol. The van der Waals surface area contributed by atoms with Crippen LogP contribution in [-0.4, -0.2) is 12.0 Å². The minimum absolute atomic E-state index is 0.243. The quantitative estimate of drug-likeness (QED) is 0.451. The molecule has 0 radical (unpaired) electrons. The summed E-state index contributed by atoms with van der Waals surface area (Å²) in [7, 11) is 0. The number of carbonyl (C=O) groups excluding carboxylic acids is 1. The Morgan fingerprint density at radius 2 is 2.29 bits per heavy atom. The number of nitrogens with one attached hydrogen (secondary N) is 1. The largest absolute Gasteiger partial charge is 0.374 e. The fourth-order valence-electron chi connectivity index (χ4n) is 1.61. The van der Waals surface area contributed by atoms with Gasteiger partial charge in [-0.3, -0.25) is 10.2 Å². The normalized spacial score (nSPS) is 12.2. The molecule has 1 unspecified atom stereocenters. The van der Waals surface area contributed by atoms with Gasteiger partial charge in [0.05, 0.1) is 12.7 Å². The molecule has 94 valence electrons. The van der Waals surface area contributed by atoms with Crippen LogP contribution in [0.25, 0.3) is 0 Å². The van der Waals surface area contributed by atoms with E-state index < -0.39 is 0 Å². The van der Waals surface area contributed by atoms with Crippen molar-refractivity contribution < 1.29 is 9.53 Å². The highest BCUT2D eigenvalue weighted by atomic mass is 16.5. The van der Waals surface area contributed by atoms with Crippen molar-refractivity contribution in [3.05, 3.63) is 35.4 Å². The standard InChI is InChI=1S/C13H20N2O2/c1-3-5-10(2)17-9-11-6-4-7-12(8-11)13(16)15-14/h4,6-8,10H,3,5,9,14H2,1-2H3,(H,15,16). The van der Waals surface area contributed by atoms with Crippen LogP contribution < -0.4 is 11.3 Å². The second-order valence-electron chi connectivity index (χ2n) is 4.08. The molecule has 0 bridgehead atoms. The maximum atomic E-state index is 11.3. The van der Waals surface area contributed by atoms with E-state index in [1.807, 2.05) is 12.1 Å². The fourth-order valence-corrected chi connectivity index (χ4v) is 1.61. The molecule has 0 saturated carbocycles. The zero-order valence-corrected chi connectivity index (χ0v) is 10.4. The van der Waals surface area contributed by atoms with Gasteiger partial charge >= 0.3 is 0 Å². The van der Waals surface area contributed by atoms with Crippen molar-refractivity contribution in [3.8, 4) is 0 Å². The van der Waals surface area contributed by atoms with Gasteiger partial charge in [0.25, 0.3) is 5.91 Å². The zero-order chi connectivity index (χ0) is 12.7. The molecule has 4 heteroatoms. The topological polar surface area (TPSA) is 64.3 Å². The van der Waals surface area contributed by atoms with Crippen molar-refractivity contribution in [2.24, 2.45) is 5.84 Å². The van der Waals surface area contributed by atoms with E-state index >= 15 is 0 Å². The molecule has 0 saturated heterocycles. The second kappa shape index (κ2) is 7.04. The first-order valence-electron chi connectivity index (χ1n) is 5.88. The van der Waals surface area contributed by atoms with Crippen molar-refractivity contribution in [3.63, 3.8) is 0 Å². The molecular weight excluding hydrogens is 216 g/mol. The third kappa shape index (κ3) is 4.54. The number of nitrogens with two attached hydrogens (primary N) is 1. The minimum Gasteiger partial charge on any atom is -0.374 e. The van der Waals surface area contributed by atoms with Gasteiger partial charge in [-0.25, -0.2) is 5.84 Å². The number of hydrogen-bond acceptors (Lipinski definition) is 3. The minimum atomic E-state index is -0.284. The van der Waals surface area contributed by atoms with Crippen molar-refractivity contribution >= 4 is 5.91 Å². The van der Waals surface area contributed by atoms with Crippen LogP contribution in [0.5, 0.6) is 0 Å². The Hall–Kier alpha value is -1.39. The van der Waals surface area contributed by atoms with E-state index in [0.717, 1.165) is 18.4 Å². The third-order valence-electron chi connectivity index (χ3n) is 2.55. The Morgan fingerprint density at radius 3 is 2.94 bits per heavy atom. The lowest BCUT2D eigenvalue weighted by Crippen LogP contribution is -2.30. The lowest BCUT2D eigenvalue weighted by atomic mass is 10.1. The predicted molar refractivity (Wildman–Crippen MR) is 67.3 cm³/mol. The van der Waals surface area contributed by atoms with E-state index in [0.29, 0.717) is 12.2 Å². The molecule has 0 aliphatic rings. The van der Waals surface area contributed by atoms with Crippen molar-refractivity contribution in [1.29, 1.82) is 0 Å². The molecule has 0 aliphatic carbocycles. The third-order valence-corrected chi connectivity index (χ3v) is 2.55. The number of hydrazine groups is 1. The molecule has 0 aromatic heterocycles. The summed E-state index contributed by atoms with van der Waals surface area (Å²) in [5, 5.41) is 0. The van der Waals surface area contributed by atoms with Crippen LogP contribution in [-0.2, 0) is 11.3 Å². The first-order chi connectivity index (χ1) is 8.17. The summed E-state index contributed by atoms with van der Waals surface area (Å²) >= 11 is 0. The SMILES string of the molecule is CCCC(C)OCc1cccc(C(=O)NN)c1. The summed E-state index contributed by atoms with van der Waals surface area (Å²) in [5.74, 6) is 4.80. The van der Waals surface area contributed by atoms with Crippen LogP contribution in [0.3, 0.4) is 0 Å². The molecule has 0 fully saturated rings. The smallest absolute Gasteiger partial charge is 0.265 e. The molecule has 1 aromatic carbocycles. The Labute approximate surface area is 102 Å².